The molecule has 5 nitrogen and oxygen atoms in total. The predicted octanol–water partition coefficient (Wildman–Crippen LogP) is 4.09. The molecular formula is C18H17F2N3O2S. The zero-order valence-electron chi connectivity index (χ0n) is 13.8. The quantitative estimate of drug-likeness (QED) is 0.429. The molecule has 1 amide bonds. The molecule has 0 aliphatic carbocycles. The lowest BCUT2D eigenvalue weighted by Gasteiger charge is -2.08. The Labute approximate surface area is 153 Å². The third kappa shape index (κ3) is 4.45. The van der Waals surface area contributed by atoms with Gasteiger partial charge in [0, 0.05) is 6.54 Å². The lowest BCUT2D eigenvalue weighted by molar-refractivity contribution is 0.0953. The number of halogens is 2. The van der Waals surface area contributed by atoms with Gasteiger partial charge in [0.25, 0.3) is 5.91 Å². The lowest BCUT2D eigenvalue weighted by Crippen LogP contribution is -2.25. The van der Waals surface area contributed by atoms with Crippen molar-refractivity contribution in [3.05, 3.63) is 58.4 Å². The first kappa shape index (κ1) is 18.1. The van der Waals surface area contributed by atoms with Gasteiger partial charge in [-0.3, -0.25) is 4.79 Å². The maximum Gasteiger partial charge on any atom is 0.253 e. The van der Waals surface area contributed by atoms with E-state index in [0.29, 0.717) is 47.5 Å². The van der Waals surface area contributed by atoms with Crippen molar-refractivity contribution in [1.29, 1.82) is 0 Å². The topological polar surface area (TPSA) is 69.9 Å². The highest BCUT2D eigenvalue weighted by atomic mass is 32.1. The van der Waals surface area contributed by atoms with Gasteiger partial charge in [0.05, 0.1) is 23.2 Å². The van der Waals surface area contributed by atoms with Crippen LogP contribution in [-0.2, 0) is 0 Å². The van der Waals surface area contributed by atoms with E-state index < -0.39 is 5.82 Å². The Morgan fingerprint density at radius 2 is 1.85 bits per heavy atom. The Morgan fingerprint density at radius 1 is 1.08 bits per heavy atom. The van der Waals surface area contributed by atoms with E-state index in [-0.39, 0.29) is 17.3 Å². The number of rotatable bonds is 7. The van der Waals surface area contributed by atoms with Crippen molar-refractivity contribution in [2.24, 2.45) is 0 Å². The molecule has 136 valence electrons. The van der Waals surface area contributed by atoms with Crippen molar-refractivity contribution in [2.75, 3.05) is 13.2 Å². The molecule has 3 rings (SSSR count). The van der Waals surface area contributed by atoms with Crippen LogP contribution in [0.15, 0.2) is 36.4 Å². The van der Waals surface area contributed by atoms with E-state index >= 15 is 0 Å². The highest BCUT2D eigenvalue weighted by molar-refractivity contribution is 7.71. The van der Waals surface area contributed by atoms with Crippen LogP contribution in [0.1, 0.15) is 23.2 Å². The molecule has 26 heavy (non-hydrogen) atoms. The number of nitrogens with one attached hydrogen (secondary N) is 3. The van der Waals surface area contributed by atoms with Gasteiger partial charge in [0.15, 0.2) is 4.77 Å². The molecule has 0 aliphatic heterocycles. The van der Waals surface area contributed by atoms with Gasteiger partial charge in [-0.2, -0.15) is 0 Å². The number of aromatic nitrogens is 2. The van der Waals surface area contributed by atoms with Gasteiger partial charge >= 0.3 is 0 Å². The molecule has 0 atom stereocenters. The molecule has 0 fully saturated rings. The monoisotopic (exact) mass is 377 g/mol. The van der Waals surface area contributed by atoms with Gasteiger partial charge in [0.1, 0.15) is 17.4 Å². The second-order valence-electron chi connectivity index (χ2n) is 5.72. The number of unbranched alkanes of at least 4 members (excludes halogenated alkanes) is 1. The van der Waals surface area contributed by atoms with Crippen LogP contribution in [0.3, 0.4) is 0 Å². The van der Waals surface area contributed by atoms with E-state index in [1.165, 1.54) is 24.3 Å². The first-order valence-electron chi connectivity index (χ1n) is 8.11. The van der Waals surface area contributed by atoms with Crippen LogP contribution in [0.25, 0.3) is 11.0 Å². The van der Waals surface area contributed by atoms with E-state index in [2.05, 4.69) is 15.3 Å². The van der Waals surface area contributed by atoms with Crippen molar-refractivity contribution in [1.82, 2.24) is 15.3 Å². The molecule has 0 unspecified atom stereocenters. The number of hydrogen-bond donors (Lipinski definition) is 3. The molecule has 8 heteroatoms. The third-order valence-electron chi connectivity index (χ3n) is 3.77. The van der Waals surface area contributed by atoms with Crippen molar-refractivity contribution in [3.63, 3.8) is 0 Å². The van der Waals surface area contributed by atoms with Crippen molar-refractivity contribution >= 4 is 29.2 Å². The number of hydrogen-bond acceptors (Lipinski definition) is 3. The molecule has 1 aromatic heterocycles. The lowest BCUT2D eigenvalue weighted by atomic mass is 10.1. The highest BCUT2D eigenvalue weighted by Crippen LogP contribution is 2.18. The maximum absolute atomic E-state index is 13.7. The summed E-state index contributed by atoms with van der Waals surface area (Å²) in [5, 5.41) is 2.76. The van der Waals surface area contributed by atoms with Gasteiger partial charge in [-0.15, -0.1) is 0 Å². The fraction of sp³-hybridized carbons (Fsp3) is 0.222. The number of ether oxygens (including phenoxy) is 1. The maximum atomic E-state index is 13.7. The molecule has 0 spiro atoms. The van der Waals surface area contributed by atoms with Crippen LogP contribution < -0.4 is 10.1 Å². The molecular weight excluding hydrogens is 360 g/mol. The minimum absolute atomic E-state index is 0.204. The first-order chi connectivity index (χ1) is 12.5. The molecule has 3 N–H and O–H groups in total. The number of aromatic amines is 2. The summed E-state index contributed by atoms with van der Waals surface area (Å²) < 4.78 is 32.2. The van der Waals surface area contributed by atoms with Crippen LogP contribution in [0.2, 0.25) is 0 Å². The Hall–Kier alpha value is -2.74. The number of benzene rings is 2. The Bertz CT molecular complexity index is 967. The summed E-state index contributed by atoms with van der Waals surface area (Å²) >= 11 is 4.99. The molecule has 0 saturated carbocycles. The summed E-state index contributed by atoms with van der Waals surface area (Å²) in [5.41, 5.74) is 1.14. The molecule has 3 aromatic rings. The van der Waals surface area contributed by atoms with Gasteiger partial charge in [0.2, 0.25) is 0 Å². The van der Waals surface area contributed by atoms with Crippen molar-refractivity contribution in [2.45, 2.75) is 12.8 Å². The second kappa shape index (κ2) is 8.09. The van der Waals surface area contributed by atoms with E-state index in [9.17, 15) is 13.6 Å². The fourth-order valence-electron chi connectivity index (χ4n) is 2.53. The normalized spacial score (nSPS) is 10.8. The number of H-pyrrole nitrogens is 2. The SMILES string of the molecule is O=C(NCCCCOc1ccc(F)cc1)c1cc(F)cc2[nH]c(=S)[nH]c12. The van der Waals surface area contributed by atoms with Gasteiger partial charge in [-0.25, -0.2) is 8.78 Å². The summed E-state index contributed by atoms with van der Waals surface area (Å²) in [7, 11) is 0. The highest BCUT2D eigenvalue weighted by Gasteiger charge is 2.13. The van der Waals surface area contributed by atoms with E-state index in [1.807, 2.05) is 0 Å². The number of fused-ring (bicyclic) bond motifs is 1. The van der Waals surface area contributed by atoms with Crippen LogP contribution in [0, 0.1) is 16.4 Å². The van der Waals surface area contributed by atoms with E-state index in [1.54, 1.807) is 12.1 Å². The van der Waals surface area contributed by atoms with Gasteiger partial charge in [-0.1, -0.05) is 0 Å². The van der Waals surface area contributed by atoms with Gasteiger partial charge in [-0.05, 0) is 61.5 Å². The Kier molecular flexibility index (Phi) is 5.62. The largest absolute Gasteiger partial charge is 0.494 e. The summed E-state index contributed by atoms with van der Waals surface area (Å²) in [5.74, 6) is -0.602. The zero-order chi connectivity index (χ0) is 18.5. The summed E-state index contributed by atoms with van der Waals surface area (Å²) in [6.45, 7) is 0.880. The smallest absolute Gasteiger partial charge is 0.253 e. The Balaban J connectivity index is 1.47. The van der Waals surface area contributed by atoms with Crippen LogP contribution >= 0.6 is 12.2 Å². The zero-order valence-corrected chi connectivity index (χ0v) is 14.6. The van der Waals surface area contributed by atoms with E-state index in [0.717, 1.165) is 0 Å². The van der Waals surface area contributed by atoms with Crippen molar-refractivity contribution in [3.8, 4) is 5.75 Å². The molecule has 0 saturated heterocycles. The van der Waals surface area contributed by atoms with Crippen LogP contribution in [0.4, 0.5) is 8.78 Å². The second-order valence-corrected chi connectivity index (χ2v) is 6.13. The number of carbonyl (C=O) groups excluding carboxylic acids is 1. The number of carbonyl (C=O) groups is 1. The van der Waals surface area contributed by atoms with Crippen molar-refractivity contribution < 1.29 is 18.3 Å². The molecule has 0 radical (unpaired) electrons. The average molecular weight is 377 g/mol. The molecule has 2 aromatic carbocycles. The standard InChI is InChI=1S/C18H17F2N3O2S/c19-11-3-5-13(6-4-11)25-8-2-1-7-21-17(24)14-9-12(20)10-15-16(14)23-18(26)22-15/h3-6,9-10H,1-2,7-8H2,(H,21,24)(H2,22,23,26). The minimum atomic E-state index is -0.513. The summed E-state index contributed by atoms with van der Waals surface area (Å²) in [6, 6.07) is 8.25. The van der Waals surface area contributed by atoms with Crippen LogP contribution in [0.5, 0.6) is 5.75 Å². The molecule has 1 heterocycles. The molecule has 0 bridgehead atoms. The molecule has 0 aliphatic rings. The van der Waals surface area contributed by atoms with Gasteiger partial charge < -0.3 is 20.0 Å². The number of imidazole rings is 1. The third-order valence-corrected chi connectivity index (χ3v) is 3.98. The Morgan fingerprint density at radius 3 is 2.62 bits per heavy atom. The van der Waals surface area contributed by atoms with E-state index in [4.69, 9.17) is 17.0 Å². The summed E-state index contributed by atoms with van der Waals surface area (Å²) in [6.07, 6.45) is 1.40. The number of amides is 1. The first-order valence-corrected chi connectivity index (χ1v) is 8.52. The van der Waals surface area contributed by atoms with Crippen LogP contribution in [-0.4, -0.2) is 29.0 Å². The predicted molar refractivity (Wildman–Crippen MR) is 96.9 cm³/mol. The average Bonchev–Trinajstić information content (AvgIpc) is 2.98. The minimum Gasteiger partial charge on any atom is -0.494 e. The summed E-state index contributed by atoms with van der Waals surface area (Å²) in [4.78, 5) is 17.9. The fourth-order valence-corrected chi connectivity index (χ4v) is 2.74.